The van der Waals surface area contributed by atoms with E-state index in [0.29, 0.717) is 11.6 Å². The molecule has 1 atom stereocenters. The number of anilines is 1. The normalized spacial score (nSPS) is 24.0. The third-order valence-corrected chi connectivity index (χ3v) is 6.33. The van der Waals surface area contributed by atoms with Gasteiger partial charge in [0.2, 0.25) is 5.91 Å². The molecule has 1 aliphatic heterocycles. The summed E-state index contributed by atoms with van der Waals surface area (Å²) in [5.41, 5.74) is 2.31. The van der Waals surface area contributed by atoms with Crippen molar-refractivity contribution in [1.29, 1.82) is 0 Å². The van der Waals surface area contributed by atoms with Crippen molar-refractivity contribution in [1.82, 2.24) is 4.98 Å². The van der Waals surface area contributed by atoms with Crippen LogP contribution in [0.1, 0.15) is 18.9 Å². The van der Waals surface area contributed by atoms with Gasteiger partial charge in [0.25, 0.3) is 0 Å². The van der Waals surface area contributed by atoms with Gasteiger partial charge in [0.1, 0.15) is 10.1 Å². The van der Waals surface area contributed by atoms with E-state index in [1.54, 1.807) is 6.92 Å². The van der Waals surface area contributed by atoms with E-state index in [9.17, 15) is 4.79 Å². The summed E-state index contributed by atoms with van der Waals surface area (Å²) in [6.45, 7) is 2.49. The summed E-state index contributed by atoms with van der Waals surface area (Å²) >= 11 is 13.5. The first-order valence-electron chi connectivity index (χ1n) is 7.30. The van der Waals surface area contributed by atoms with Gasteiger partial charge in [-0.1, -0.05) is 0 Å². The van der Waals surface area contributed by atoms with E-state index >= 15 is 0 Å². The van der Waals surface area contributed by atoms with Crippen LogP contribution in [0.4, 0.5) is 5.13 Å². The summed E-state index contributed by atoms with van der Waals surface area (Å²) in [6.07, 6.45) is 1.38. The van der Waals surface area contributed by atoms with E-state index in [1.165, 1.54) is 16.9 Å². The summed E-state index contributed by atoms with van der Waals surface area (Å²) in [5.74, 6) is 0.755. The largest absolute Gasteiger partial charge is 0.493 e. The molecule has 23 heavy (non-hydrogen) atoms. The molecule has 2 aromatic rings. The third-order valence-electron chi connectivity index (χ3n) is 4.47. The average Bonchev–Trinajstić information content (AvgIpc) is 2.96. The molecule has 1 N–H and O–H groups in total. The minimum atomic E-state index is -0.975. The number of nitrogens with zero attached hydrogens (tertiary/aromatic N) is 1. The van der Waals surface area contributed by atoms with Gasteiger partial charge in [0, 0.05) is 17.4 Å². The first-order chi connectivity index (χ1) is 10.9. The van der Waals surface area contributed by atoms with Crippen molar-refractivity contribution in [2.24, 2.45) is 5.41 Å². The summed E-state index contributed by atoms with van der Waals surface area (Å²) in [6, 6.07) is 6.04. The quantitative estimate of drug-likeness (QED) is 0.823. The van der Waals surface area contributed by atoms with Gasteiger partial charge in [-0.05, 0) is 37.1 Å². The van der Waals surface area contributed by atoms with Crippen LogP contribution >= 0.6 is 34.5 Å². The summed E-state index contributed by atoms with van der Waals surface area (Å²) in [5, 5.41) is 5.30. The molecule has 1 unspecified atom stereocenters. The first-order valence-corrected chi connectivity index (χ1v) is 8.93. The van der Waals surface area contributed by atoms with Crippen molar-refractivity contribution in [3.05, 3.63) is 29.1 Å². The Morgan fingerprint density at radius 1 is 1.43 bits per heavy atom. The number of carbonyl (C=O) groups excluding carboxylic acids is 1. The number of benzene rings is 1. The number of carbonyl (C=O) groups is 1. The van der Waals surface area contributed by atoms with Gasteiger partial charge >= 0.3 is 0 Å². The maximum atomic E-state index is 12.3. The fraction of sp³-hybridized carbons (Fsp3) is 0.375. The lowest BCUT2D eigenvalue weighted by Gasteiger charge is -2.10. The Morgan fingerprint density at radius 3 is 2.96 bits per heavy atom. The van der Waals surface area contributed by atoms with Crippen molar-refractivity contribution >= 4 is 45.6 Å². The zero-order valence-electron chi connectivity index (χ0n) is 12.4. The highest BCUT2D eigenvalue weighted by Gasteiger charge is 2.68. The Morgan fingerprint density at radius 2 is 2.22 bits per heavy atom. The highest BCUT2D eigenvalue weighted by Crippen LogP contribution is 2.64. The second-order valence-corrected chi connectivity index (χ2v) is 8.47. The Labute approximate surface area is 147 Å². The minimum absolute atomic E-state index is 0.189. The summed E-state index contributed by atoms with van der Waals surface area (Å²) in [4.78, 5) is 16.8. The second-order valence-electron chi connectivity index (χ2n) is 6.13. The fourth-order valence-corrected chi connectivity index (χ4v) is 4.11. The molecule has 4 rings (SSSR count). The molecule has 0 saturated heterocycles. The van der Waals surface area contributed by atoms with Gasteiger partial charge in [0.15, 0.2) is 5.13 Å². The smallest absolute Gasteiger partial charge is 0.235 e. The molecule has 1 fully saturated rings. The van der Waals surface area contributed by atoms with Gasteiger partial charge in [-0.15, -0.1) is 34.5 Å². The molecule has 7 heteroatoms. The maximum Gasteiger partial charge on any atom is 0.235 e. The number of nitrogens with one attached hydrogen (secondary N) is 1. The van der Waals surface area contributed by atoms with Gasteiger partial charge in [-0.3, -0.25) is 4.79 Å². The van der Waals surface area contributed by atoms with Crippen LogP contribution in [-0.2, 0) is 11.2 Å². The highest BCUT2D eigenvalue weighted by molar-refractivity contribution is 7.14. The van der Waals surface area contributed by atoms with Crippen LogP contribution in [0.15, 0.2) is 23.6 Å². The topological polar surface area (TPSA) is 51.2 Å². The van der Waals surface area contributed by atoms with E-state index in [1.807, 2.05) is 17.5 Å². The number of thiazole rings is 1. The zero-order chi connectivity index (χ0) is 16.2. The Kier molecular flexibility index (Phi) is 3.38. The third kappa shape index (κ3) is 2.51. The molecule has 0 bridgehead atoms. The van der Waals surface area contributed by atoms with Gasteiger partial charge in [-0.2, -0.15) is 0 Å². The minimum Gasteiger partial charge on any atom is -0.493 e. The molecule has 1 aromatic heterocycles. The van der Waals surface area contributed by atoms with Gasteiger partial charge in [-0.25, -0.2) is 4.98 Å². The van der Waals surface area contributed by atoms with Crippen LogP contribution < -0.4 is 10.1 Å². The number of fused-ring (bicyclic) bond motifs is 1. The predicted molar refractivity (Wildman–Crippen MR) is 92.5 cm³/mol. The number of aromatic nitrogens is 1. The second kappa shape index (κ2) is 5.10. The van der Waals surface area contributed by atoms with Crippen molar-refractivity contribution in [3.8, 4) is 17.0 Å². The lowest BCUT2D eigenvalue weighted by atomic mass is 10.1. The van der Waals surface area contributed by atoms with E-state index in [2.05, 4.69) is 16.4 Å². The number of halogens is 2. The average molecular weight is 369 g/mol. The summed E-state index contributed by atoms with van der Waals surface area (Å²) < 4.78 is 4.54. The molecule has 120 valence electrons. The Balaban J connectivity index is 1.52. The highest BCUT2D eigenvalue weighted by atomic mass is 35.5. The van der Waals surface area contributed by atoms with E-state index in [-0.39, 0.29) is 5.91 Å². The molecular weight excluding hydrogens is 355 g/mol. The number of alkyl halides is 2. The van der Waals surface area contributed by atoms with Crippen molar-refractivity contribution < 1.29 is 9.53 Å². The number of ether oxygens (including phenoxy) is 1. The van der Waals surface area contributed by atoms with Crippen LogP contribution in [0.25, 0.3) is 11.3 Å². The zero-order valence-corrected chi connectivity index (χ0v) is 14.7. The van der Waals surface area contributed by atoms with Crippen LogP contribution in [0.3, 0.4) is 0 Å². The molecule has 0 radical (unpaired) electrons. The van der Waals surface area contributed by atoms with Crippen LogP contribution in [-0.4, -0.2) is 21.8 Å². The lowest BCUT2D eigenvalue weighted by molar-refractivity contribution is -0.120. The lowest BCUT2D eigenvalue weighted by Crippen LogP contribution is -2.25. The molecule has 1 amide bonds. The molecule has 1 aliphatic carbocycles. The SMILES string of the molecule is CC1(C(=O)Nc2nc(-c3ccc4c(c3)CCO4)cs2)CC1(Cl)Cl. The molecule has 2 heterocycles. The standard InChI is InChI=1S/C16H14Cl2N2O2S/c1-15(8-16(15,17)18)13(21)20-14-19-11(7-23-14)9-2-3-12-10(6-9)4-5-22-12/h2-3,6-7H,4-5,8H2,1H3,(H,19,20,21). The van der Waals surface area contributed by atoms with Crippen molar-refractivity contribution in [2.75, 3.05) is 11.9 Å². The summed E-state index contributed by atoms with van der Waals surface area (Å²) in [7, 11) is 0. The van der Waals surface area contributed by atoms with E-state index in [0.717, 1.165) is 30.0 Å². The van der Waals surface area contributed by atoms with Crippen molar-refractivity contribution in [3.63, 3.8) is 0 Å². The van der Waals surface area contributed by atoms with Crippen LogP contribution in [0.2, 0.25) is 0 Å². The maximum absolute atomic E-state index is 12.3. The van der Waals surface area contributed by atoms with E-state index in [4.69, 9.17) is 27.9 Å². The van der Waals surface area contributed by atoms with Crippen LogP contribution in [0.5, 0.6) is 5.75 Å². The monoisotopic (exact) mass is 368 g/mol. The predicted octanol–water partition coefficient (Wildman–Crippen LogP) is 4.27. The number of amides is 1. The van der Waals surface area contributed by atoms with Gasteiger partial charge in [0.05, 0.1) is 17.7 Å². The van der Waals surface area contributed by atoms with Crippen molar-refractivity contribution in [2.45, 2.75) is 24.1 Å². The fourth-order valence-electron chi connectivity index (χ4n) is 2.69. The van der Waals surface area contributed by atoms with Crippen LogP contribution in [0, 0.1) is 5.41 Å². The molecule has 1 saturated carbocycles. The molecule has 0 spiro atoms. The molecule has 2 aliphatic rings. The van der Waals surface area contributed by atoms with E-state index < -0.39 is 9.75 Å². The Hall–Kier alpha value is -1.30. The Bertz CT molecular complexity index is 805. The molecule has 4 nitrogen and oxygen atoms in total. The molecule has 1 aromatic carbocycles. The number of rotatable bonds is 3. The number of hydrogen-bond acceptors (Lipinski definition) is 4. The number of hydrogen-bond donors (Lipinski definition) is 1. The van der Waals surface area contributed by atoms with Gasteiger partial charge < -0.3 is 10.1 Å². The first kappa shape index (κ1) is 15.2. The molecular formula is C16H14Cl2N2O2S.